The van der Waals surface area contributed by atoms with Crippen LogP contribution in [0.5, 0.6) is 0 Å². The Morgan fingerprint density at radius 3 is 2.74 bits per heavy atom. The van der Waals surface area contributed by atoms with Crippen molar-refractivity contribution < 1.29 is 9.90 Å². The number of hydrogen-bond acceptors (Lipinski definition) is 4. The molecule has 138 valence electrons. The van der Waals surface area contributed by atoms with Gasteiger partial charge in [0.1, 0.15) is 0 Å². The lowest BCUT2D eigenvalue weighted by molar-refractivity contribution is 0.0677. The van der Waals surface area contributed by atoms with Crippen molar-refractivity contribution >= 4 is 16.7 Å². The molecule has 0 bridgehead atoms. The van der Waals surface area contributed by atoms with Crippen molar-refractivity contribution in [2.45, 2.75) is 25.8 Å². The summed E-state index contributed by atoms with van der Waals surface area (Å²) in [5, 5.41) is 15.3. The van der Waals surface area contributed by atoms with Gasteiger partial charge in [0.25, 0.3) is 11.5 Å². The molecule has 1 fully saturated rings. The first-order chi connectivity index (χ1) is 13.1. The second-order valence-corrected chi connectivity index (χ2v) is 6.88. The van der Waals surface area contributed by atoms with Gasteiger partial charge in [0.05, 0.1) is 29.4 Å². The van der Waals surface area contributed by atoms with Crippen LogP contribution in [0.25, 0.3) is 16.5 Å². The quantitative estimate of drug-likeness (QED) is 0.775. The summed E-state index contributed by atoms with van der Waals surface area (Å²) in [4.78, 5) is 27.5. The van der Waals surface area contributed by atoms with Crippen LogP contribution in [0, 0.1) is 6.92 Å². The van der Waals surface area contributed by atoms with E-state index in [2.05, 4.69) is 5.10 Å². The lowest BCUT2D eigenvalue weighted by Crippen LogP contribution is -2.37. The number of fused-ring (bicyclic) bond motifs is 1. The second-order valence-electron chi connectivity index (χ2n) is 6.88. The molecule has 27 heavy (non-hydrogen) atoms. The zero-order valence-electron chi connectivity index (χ0n) is 15.1. The molecule has 1 amide bonds. The number of benzene rings is 2. The van der Waals surface area contributed by atoms with Crippen molar-refractivity contribution in [1.82, 2.24) is 14.7 Å². The van der Waals surface area contributed by atoms with E-state index < -0.39 is 0 Å². The third-order valence-electron chi connectivity index (χ3n) is 5.18. The molecule has 1 aliphatic heterocycles. The molecule has 1 unspecified atom stereocenters. The molecule has 1 aromatic heterocycles. The van der Waals surface area contributed by atoms with Crippen LogP contribution in [0.3, 0.4) is 0 Å². The van der Waals surface area contributed by atoms with E-state index in [1.165, 1.54) is 4.68 Å². The van der Waals surface area contributed by atoms with E-state index in [0.717, 1.165) is 23.9 Å². The smallest absolute Gasteiger partial charge is 0.279 e. The maximum Gasteiger partial charge on any atom is 0.279 e. The fourth-order valence-corrected chi connectivity index (χ4v) is 3.75. The van der Waals surface area contributed by atoms with Gasteiger partial charge in [0, 0.05) is 17.5 Å². The van der Waals surface area contributed by atoms with Crippen molar-refractivity contribution in [3.05, 3.63) is 70.1 Å². The largest absolute Gasteiger partial charge is 0.394 e. The Kier molecular flexibility index (Phi) is 4.49. The summed E-state index contributed by atoms with van der Waals surface area (Å²) in [6, 6.07) is 14.2. The van der Waals surface area contributed by atoms with Gasteiger partial charge >= 0.3 is 0 Å². The molecule has 6 nitrogen and oxygen atoms in total. The molecule has 4 rings (SSSR count). The Balaban J connectivity index is 1.77. The lowest BCUT2D eigenvalue weighted by Gasteiger charge is -2.23. The van der Waals surface area contributed by atoms with E-state index in [9.17, 15) is 14.7 Å². The highest BCUT2D eigenvalue weighted by Crippen LogP contribution is 2.21. The van der Waals surface area contributed by atoms with Crippen LogP contribution in [0.15, 0.2) is 53.3 Å². The highest BCUT2D eigenvalue weighted by molar-refractivity contribution is 5.95. The number of carbonyl (C=O) groups is 1. The molecule has 1 aliphatic rings. The van der Waals surface area contributed by atoms with E-state index in [-0.39, 0.29) is 24.1 Å². The molecule has 0 saturated carbocycles. The van der Waals surface area contributed by atoms with Crippen LogP contribution >= 0.6 is 0 Å². The standard InChI is InChI=1S/C21H21N3O3/c1-14-18-9-2-3-10-19(18)21(27)24(22-14)16-7-4-6-15(12-16)20(26)23-11-5-8-17(23)13-25/h2-4,6-7,9-10,12,17,25H,5,8,11,13H2,1H3. The maximum atomic E-state index is 12.9. The molecule has 2 aromatic carbocycles. The number of aromatic nitrogens is 2. The number of amides is 1. The number of likely N-dealkylation sites (tertiary alicyclic amines) is 1. The first kappa shape index (κ1) is 17.4. The summed E-state index contributed by atoms with van der Waals surface area (Å²) < 4.78 is 1.35. The molecular weight excluding hydrogens is 342 g/mol. The minimum absolute atomic E-state index is 0.0314. The number of hydrogen-bond donors (Lipinski definition) is 1. The Morgan fingerprint density at radius 2 is 1.96 bits per heavy atom. The number of nitrogens with zero attached hydrogens (tertiary/aromatic N) is 3. The van der Waals surface area contributed by atoms with Crippen molar-refractivity contribution in [2.75, 3.05) is 13.2 Å². The first-order valence-corrected chi connectivity index (χ1v) is 9.11. The van der Waals surface area contributed by atoms with Gasteiger partial charge in [-0.05, 0) is 44.0 Å². The second kappa shape index (κ2) is 6.96. The number of aryl methyl sites for hydroxylation is 1. The molecule has 0 aliphatic carbocycles. The highest BCUT2D eigenvalue weighted by Gasteiger charge is 2.28. The Bertz CT molecular complexity index is 1070. The molecule has 1 atom stereocenters. The summed E-state index contributed by atoms with van der Waals surface area (Å²) in [5.41, 5.74) is 1.59. The summed E-state index contributed by atoms with van der Waals surface area (Å²) in [7, 11) is 0. The van der Waals surface area contributed by atoms with Crippen LogP contribution in [-0.4, -0.2) is 44.9 Å². The van der Waals surface area contributed by atoms with Gasteiger partial charge in [-0.3, -0.25) is 9.59 Å². The fourth-order valence-electron chi connectivity index (χ4n) is 3.75. The molecule has 0 spiro atoms. The van der Waals surface area contributed by atoms with Crippen LogP contribution in [-0.2, 0) is 0 Å². The van der Waals surface area contributed by atoms with E-state index in [4.69, 9.17) is 0 Å². The summed E-state index contributed by atoms with van der Waals surface area (Å²) in [6.07, 6.45) is 1.70. The summed E-state index contributed by atoms with van der Waals surface area (Å²) >= 11 is 0. The average Bonchev–Trinajstić information content (AvgIpc) is 3.19. The summed E-state index contributed by atoms with van der Waals surface area (Å²) in [6.45, 7) is 2.47. The number of carbonyl (C=O) groups excluding carboxylic acids is 1. The third kappa shape index (κ3) is 3.02. The van der Waals surface area contributed by atoms with Gasteiger partial charge in [-0.15, -0.1) is 0 Å². The highest BCUT2D eigenvalue weighted by atomic mass is 16.3. The molecule has 1 N–H and O–H groups in total. The first-order valence-electron chi connectivity index (χ1n) is 9.11. The fraction of sp³-hybridized carbons (Fsp3) is 0.286. The zero-order chi connectivity index (χ0) is 19.0. The van der Waals surface area contributed by atoms with Gasteiger partial charge in [-0.2, -0.15) is 9.78 Å². The van der Waals surface area contributed by atoms with Crippen molar-refractivity contribution in [1.29, 1.82) is 0 Å². The SMILES string of the molecule is Cc1nn(-c2cccc(C(=O)N3CCCC3CO)c2)c(=O)c2ccccc12. The third-order valence-corrected chi connectivity index (χ3v) is 5.18. The van der Waals surface area contributed by atoms with Gasteiger partial charge in [0.15, 0.2) is 0 Å². The number of aliphatic hydroxyl groups is 1. The predicted octanol–water partition coefficient (Wildman–Crippen LogP) is 2.29. The zero-order valence-corrected chi connectivity index (χ0v) is 15.1. The van der Waals surface area contributed by atoms with Crippen molar-refractivity contribution in [3.63, 3.8) is 0 Å². The van der Waals surface area contributed by atoms with Crippen LogP contribution in [0.1, 0.15) is 28.9 Å². The Morgan fingerprint density at radius 1 is 1.19 bits per heavy atom. The lowest BCUT2D eigenvalue weighted by atomic mass is 10.1. The van der Waals surface area contributed by atoms with E-state index >= 15 is 0 Å². The summed E-state index contributed by atoms with van der Waals surface area (Å²) in [5.74, 6) is -0.126. The molecule has 3 aromatic rings. The monoisotopic (exact) mass is 363 g/mol. The molecule has 1 saturated heterocycles. The van der Waals surface area contributed by atoms with Gasteiger partial charge < -0.3 is 10.0 Å². The van der Waals surface area contributed by atoms with E-state index in [1.54, 1.807) is 35.2 Å². The van der Waals surface area contributed by atoms with Crippen molar-refractivity contribution in [2.24, 2.45) is 0 Å². The molecule has 6 heteroatoms. The van der Waals surface area contributed by atoms with Crippen LogP contribution in [0.2, 0.25) is 0 Å². The Hall–Kier alpha value is -2.99. The topological polar surface area (TPSA) is 75.4 Å². The van der Waals surface area contributed by atoms with Crippen LogP contribution in [0.4, 0.5) is 0 Å². The predicted molar refractivity (Wildman–Crippen MR) is 103 cm³/mol. The van der Waals surface area contributed by atoms with Crippen molar-refractivity contribution in [3.8, 4) is 5.69 Å². The maximum absolute atomic E-state index is 12.9. The number of rotatable bonds is 3. The molecular formula is C21H21N3O3. The number of aliphatic hydroxyl groups excluding tert-OH is 1. The van der Waals surface area contributed by atoms with Crippen LogP contribution < -0.4 is 5.56 Å². The normalized spacial score (nSPS) is 16.8. The molecule has 2 heterocycles. The minimum atomic E-state index is -0.213. The van der Waals surface area contributed by atoms with E-state index in [1.807, 2.05) is 25.1 Å². The van der Waals surface area contributed by atoms with E-state index in [0.29, 0.717) is 23.2 Å². The van der Waals surface area contributed by atoms with Gasteiger partial charge in [-0.1, -0.05) is 24.3 Å². The van der Waals surface area contributed by atoms with Gasteiger partial charge in [0.2, 0.25) is 0 Å². The Labute approximate surface area is 156 Å². The van der Waals surface area contributed by atoms with Gasteiger partial charge in [-0.25, -0.2) is 0 Å². The minimum Gasteiger partial charge on any atom is -0.394 e. The molecule has 0 radical (unpaired) electrons. The average molecular weight is 363 g/mol.